The first kappa shape index (κ1) is 26.8. The minimum absolute atomic E-state index is 0.0918. The first-order chi connectivity index (χ1) is 18.4. The third kappa shape index (κ3) is 6.54. The summed E-state index contributed by atoms with van der Waals surface area (Å²) in [5.74, 6) is 0.800. The molecule has 0 saturated carbocycles. The number of fused-ring (bicyclic) bond motifs is 1. The van der Waals surface area contributed by atoms with Crippen molar-refractivity contribution >= 4 is 34.0 Å². The molecule has 0 spiro atoms. The lowest BCUT2D eigenvalue weighted by atomic mass is 10.0. The van der Waals surface area contributed by atoms with E-state index in [0.29, 0.717) is 18.8 Å². The maximum Gasteiger partial charge on any atom is 0.259 e. The number of nitrogens with one attached hydrogen (secondary N) is 2. The maximum absolute atomic E-state index is 13.1. The Hall–Kier alpha value is -4.24. The Balaban J connectivity index is 1.50. The average molecular weight is 515 g/mol. The zero-order chi connectivity index (χ0) is 27.1. The summed E-state index contributed by atoms with van der Waals surface area (Å²) in [6, 6.07) is 19.1. The number of hydrogen-bond acceptors (Lipinski definition) is 7. The van der Waals surface area contributed by atoms with Gasteiger partial charge in [0.25, 0.3) is 5.91 Å². The van der Waals surface area contributed by atoms with Crippen molar-refractivity contribution in [3.05, 3.63) is 82.3 Å². The van der Waals surface area contributed by atoms with Gasteiger partial charge in [-0.15, -0.1) is 4.91 Å². The molecule has 1 aromatic heterocycles. The van der Waals surface area contributed by atoms with Crippen molar-refractivity contribution in [2.45, 2.75) is 19.8 Å². The highest BCUT2D eigenvalue weighted by Gasteiger charge is 2.17. The molecule has 0 aliphatic rings. The Bertz CT molecular complexity index is 1410. The van der Waals surface area contributed by atoms with E-state index in [1.807, 2.05) is 75.4 Å². The van der Waals surface area contributed by atoms with Crippen LogP contribution in [-0.4, -0.2) is 61.8 Å². The zero-order valence-corrected chi connectivity index (χ0v) is 22.3. The third-order valence-corrected chi connectivity index (χ3v) is 6.34. The molecular weight excluding hydrogens is 480 g/mol. The number of anilines is 2. The van der Waals surface area contributed by atoms with Crippen LogP contribution < -0.4 is 15.0 Å². The van der Waals surface area contributed by atoms with Gasteiger partial charge in [0.05, 0.1) is 17.7 Å². The molecule has 4 aromatic rings. The SMILES string of the molecule is CCOc1cccc(Cc2ccc3[nH]nc(NC(=O)c4ccc(N(C)CCCN(C)C)cc4N=O)c3c2)c1. The van der Waals surface area contributed by atoms with Crippen LogP contribution in [0.5, 0.6) is 5.75 Å². The molecule has 2 N–H and O–H groups in total. The molecule has 9 nitrogen and oxygen atoms in total. The summed E-state index contributed by atoms with van der Waals surface area (Å²) in [5.41, 5.74) is 4.12. The summed E-state index contributed by atoms with van der Waals surface area (Å²) in [4.78, 5) is 28.9. The predicted octanol–water partition coefficient (Wildman–Crippen LogP) is 5.59. The lowest BCUT2D eigenvalue weighted by Gasteiger charge is -2.21. The second kappa shape index (κ2) is 12.3. The highest BCUT2D eigenvalue weighted by atomic mass is 16.5. The molecule has 1 amide bonds. The van der Waals surface area contributed by atoms with Crippen molar-refractivity contribution in [1.29, 1.82) is 0 Å². The topological polar surface area (TPSA) is 103 Å². The van der Waals surface area contributed by atoms with Crippen molar-refractivity contribution < 1.29 is 9.53 Å². The van der Waals surface area contributed by atoms with Gasteiger partial charge < -0.3 is 19.9 Å². The molecule has 9 heteroatoms. The molecule has 38 heavy (non-hydrogen) atoms. The fourth-order valence-corrected chi connectivity index (χ4v) is 4.37. The molecule has 0 atom stereocenters. The minimum atomic E-state index is -0.440. The van der Waals surface area contributed by atoms with Crippen molar-refractivity contribution in [3.63, 3.8) is 0 Å². The second-order valence-electron chi connectivity index (χ2n) is 9.53. The Morgan fingerprint density at radius 1 is 1.03 bits per heavy atom. The van der Waals surface area contributed by atoms with E-state index >= 15 is 0 Å². The van der Waals surface area contributed by atoms with E-state index in [0.717, 1.165) is 53.0 Å². The Labute approximate surface area is 222 Å². The van der Waals surface area contributed by atoms with Gasteiger partial charge in [-0.2, -0.15) is 5.10 Å². The van der Waals surface area contributed by atoms with Gasteiger partial charge >= 0.3 is 0 Å². The average Bonchev–Trinajstić information content (AvgIpc) is 3.30. The molecule has 0 radical (unpaired) electrons. The molecule has 0 bridgehead atoms. The monoisotopic (exact) mass is 514 g/mol. The van der Waals surface area contributed by atoms with Crippen molar-refractivity contribution in [2.75, 3.05) is 51.1 Å². The Morgan fingerprint density at radius 2 is 1.84 bits per heavy atom. The van der Waals surface area contributed by atoms with Crippen molar-refractivity contribution in [3.8, 4) is 5.75 Å². The van der Waals surface area contributed by atoms with Crippen LogP contribution in [0.15, 0.2) is 65.8 Å². The molecule has 0 saturated heterocycles. The van der Waals surface area contributed by atoms with Gasteiger partial charge in [0.15, 0.2) is 5.82 Å². The van der Waals surface area contributed by atoms with E-state index in [2.05, 4.69) is 31.7 Å². The molecule has 0 fully saturated rings. The van der Waals surface area contributed by atoms with Crippen molar-refractivity contribution in [1.82, 2.24) is 15.1 Å². The number of aromatic nitrogens is 2. The van der Waals surface area contributed by atoms with E-state index in [-0.39, 0.29) is 11.3 Å². The molecule has 0 unspecified atom stereocenters. The number of nitrogens with zero attached hydrogens (tertiary/aromatic N) is 4. The summed E-state index contributed by atoms with van der Waals surface area (Å²) >= 11 is 0. The van der Waals surface area contributed by atoms with Crippen LogP contribution in [0.4, 0.5) is 17.2 Å². The number of benzene rings is 3. The number of aromatic amines is 1. The number of ether oxygens (including phenoxy) is 1. The Morgan fingerprint density at radius 3 is 2.61 bits per heavy atom. The van der Waals surface area contributed by atoms with Gasteiger partial charge in [-0.3, -0.25) is 9.89 Å². The molecule has 0 aliphatic heterocycles. The molecular formula is C29H34N6O3. The standard InChI is InChI=1S/C29H34N6O3/c1-5-38-23-9-6-8-20(17-23)16-21-10-13-26-25(18-21)28(32-31-26)30-29(36)24-12-11-22(19-27(24)33-37)35(4)15-7-14-34(2)3/h6,8-13,17-19H,5,7,14-16H2,1-4H3,(H2,30,31,32,36). The molecule has 4 rings (SSSR count). The minimum Gasteiger partial charge on any atom is -0.494 e. The number of carbonyl (C=O) groups is 1. The number of H-pyrrole nitrogens is 1. The Kier molecular flexibility index (Phi) is 8.70. The van der Waals surface area contributed by atoms with Gasteiger partial charge in [0.2, 0.25) is 0 Å². The molecule has 3 aromatic carbocycles. The fourth-order valence-electron chi connectivity index (χ4n) is 4.37. The quantitative estimate of drug-likeness (QED) is 0.239. The lowest BCUT2D eigenvalue weighted by molar-refractivity contribution is 0.102. The number of amides is 1. The van der Waals surface area contributed by atoms with Gasteiger partial charge in [0, 0.05) is 24.7 Å². The summed E-state index contributed by atoms with van der Waals surface area (Å²) in [5, 5.41) is 14.0. The third-order valence-electron chi connectivity index (χ3n) is 6.34. The number of rotatable bonds is 12. The van der Waals surface area contributed by atoms with E-state index in [1.165, 1.54) is 0 Å². The molecule has 0 aliphatic carbocycles. The fraction of sp³-hybridized carbons (Fsp3) is 0.310. The van der Waals surface area contributed by atoms with E-state index in [1.54, 1.807) is 12.1 Å². The van der Waals surface area contributed by atoms with E-state index in [9.17, 15) is 9.70 Å². The summed E-state index contributed by atoms with van der Waals surface area (Å²) in [7, 11) is 6.03. The predicted molar refractivity (Wildman–Crippen MR) is 153 cm³/mol. The van der Waals surface area contributed by atoms with Crippen molar-refractivity contribution in [2.24, 2.45) is 5.18 Å². The number of carbonyl (C=O) groups excluding carboxylic acids is 1. The first-order valence-corrected chi connectivity index (χ1v) is 12.7. The zero-order valence-electron chi connectivity index (χ0n) is 22.3. The highest BCUT2D eigenvalue weighted by molar-refractivity contribution is 6.10. The summed E-state index contributed by atoms with van der Waals surface area (Å²) < 4.78 is 5.62. The van der Waals surface area contributed by atoms with Crippen LogP contribution in [0.1, 0.15) is 34.8 Å². The lowest BCUT2D eigenvalue weighted by Crippen LogP contribution is -2.23. The van der Waals surface area contributed by atoms with Crippen LogP contribution in [0.3, 0.4) is 0 Å². The smallest absolute Gasteiger partial charge is 0.259 e. The first-order valence-electron chi connectivity index (χ1n) is 12.7. The summed E-state index contributed by atoms with van der Waals surface area (Å²) in [6.07, 6.45) is 1.68. The molecule has 1 heterocycles. The number of nitroso groups, excluding NO2 is 1. The van der Waals surface area contributed by atoms with Gasteiger partial charge in [-0.25, -0.2) is 0 Å². The van der Waals surface area contributed by atoms with E-state index in [4.69, 9.17) is 4.74 Å². The van der Waals surface area contributed by atoms with Crippen LogP contribution in [0, 0.1) is 4.91 Å². The van der Waals surface area contributed by atoms with Crippen LogP contribution >= 0.6 is 0 Å². The van der Waals surface area contributed by atoms with E-state index < -0.39 is 5.91 Å². The highest BCUT2D eigenvalue weighted by Crippen LogP contribution is 2.28. The largest absolute Gasteiger partial charge is 0.494 e. The van der Waals surface area contributed by atoms with Gasteiger partial charge in [0.1, 0.15) is 11.4 Å². The summed E-state index contributed by atoms with van der Waals surface area (Å²) in [6.45, 7) is 4.36. The van der Waals surface area contributed by atoms with Gasteiger partial charge in [-0.05, 0) is 99.2 Å². The maximum atomic E-state index is 13.1. The van der Waals surface area contributed by atoms with Crippen LogP contribution in [0.25, 0.3) is 10.9 Å². The van der Waals surface area contributed by atoms with Crippen LogP contribution in [0.2, 0.25) is 0 Å². The normalized spacial score (nSPS) is 11.1. The van der Waals surface area contributed by atoms with Gasteiger partial charge in [-0.1, -0.05) is 18.2 Å². The second-order valence-corrected chi connectivity index (χ2v) is 9.53. The molecule has 198 valence electrons. The number of hydrogen-bond donors (Lipinski definition) is 2. The van der Waals surface area contributed by atoms with Crippen LogP contribution in [-0.2, 0) is 6.42 Å².